The maximum absolute atomic E-state index is 12.8. The Kier molecular flexibility index (Phi) is 50.3. The molecule has 8 nitrogen and oxygen atoms in total. The van der Waals surface area contributed by atoms with Crippen LogP contribution in [0.5, 0.6) is 0 Å². The van der Waals surface area contributed by atoms with Gasteiger partial charge in [-0.05, 0) is 89.9 Å². The molecule has 0 aliphatic carbocycles. The molecule has 400 valence electrons. The lowest BCUT2D eigenvalue weighted by atomic mass is 10.0. The molecule has 2 unspecified atom stereocenters. The molecule has 0 aliphatic rings. The Morgan fingerprint density at radius 2 is 0.841 bits per heavy atom. The monoisotopic (exact) mass is 987 g/mol. The maximum atomic E-state index is 12.8. The molecule has 0 aromatic carbocycles. The van der Waals surface area contributed by atoms with Crippen LogP contribution in [0.3, 0.4) is 0 Å². The minimum atomic E-state index is -4.29. The van der Waals surface area contributed by atoms with Crippen molar-refractivity contribution >= 4 is 13.8 Å². The lowest BCUT2D eigenvalue weighted by Gasteiger charge is -2.24. The zero-order chi connectivity index (χ0) is 50.5. The van der Waals surface area contributed by atoms with Gasteiger partial charge >= 0.3 is 13.8 Å². The number of ether oxygens (including phenoxy) is 2. The molecule has 0 amide bonds. The predicted molar refractivity (Wildman–Crippen MR) is 298 cm³/mol. The smallest absolute Gasteiger partial charge is 0.457 e. The lowest BCUT2D eigenvalue weighted by molar-refractivity contribution is -0.870. The first-order valence-electron chi connectivity index (χ1n) is 28.3. The molecule has 0 bridgehead atoms. The van der Waals surface area contributed by atoms with Gasteiger partial charge in [-0.15, -0.1) is 0 Å². The van der Waals surface area contributed by atoms with E-state index in [4.69, 9.17) is 18.5 Å². The fourth-order valence-corrected chi connectivity index (χ4v) is 8.35. The third-order valence-corrected chi connectivity index (χ3v) is 12.9. The quantitative estimate of drug-likeness (QED) is 0.0213. The second kappa shape index (κ2) is 52.0. The van der Waals surface area contributed by atoms with Gasteiger partial charge in [0, 0.05) is 13.0 Å². The van der Waals surface area contributed by atoms with Crippen LogP contribution in [0.2, 0.25) is 0 Å². The maximum Gasteiger partial charge on any atom is 0.472 e. The number of likely N-dealkylation sites (N-methyl/N-ethyl adjacent to an activating group) is 1. The summed E-state index contributed by atoms with van der Waals surface area (Å²) in [5.74, 6) is -0.321. The second-order valence-corrected chi connectivity index (χ2v) is 21.4. The molecule has 0 aliphatic heterocycles. The number of rotatable bonds is 52. The van der Waals surface area contributed by atoms with E-state index in [0.717, 1.165) is 77.0 Å². The summed E-state index contributed by atoms with van der Waals surface area (Å²) in [6, 6.07) is 0. The van der Waals surface area contributed by atoms with E-state index in [-0.39, 0.29) is 25.8 Å². The van der Waals surface area contributed by atoms with Crippen molar-refractivity contribution in [2.24, 2.45) is 0 Å². The van der Waals surface area contributed by atoms with Crippen molar-refractivity contribution in [3.8, 4) is 0 Å². The topological polar surface area (TPSA) is 91.3 Å². The van der Waals surface area contributed by atoms with Crippen LogP contribution in [0.25, 0.3) is 0 Å². The molecule has 0 radical (unpaired) electrons. The molecule has 0 rings (SSSR count). The van der Waals surface area contributed by atoms with Gasteiger partial charge in [0.25, 0.3) is 0 Å². The number of quaternary nitrogens is 1. The van der Waals surface area contributed by atoms with Crippen LogP contribution < -0.4 is 0 Å². The third kappa shape index (κ3) is 56.5. The van der Waals surface area contributed by atoms with Crippen molar-refractivity contribution in [1.29, 1.82) is 0 Å². The van der Waals surface area contributed by atoms with E-state index in [1.165, 1.54) is 135 Å². The minimum Gasteiger partial charge on any atom is -0.457 e. The van der Waals surface area contributed by atoms with E-state index >= 15 is 0 Å². The standard InChI is InChI=1S/C60H108NO7P/c1-6-8-10-12-14-16-18-20-22-24-26-28-30-31-32-33-35-37-39-41-43-45-47-49-51-53-60(62)68-59(58-67-69(63,64)66-56-54-61(3,4)5)57-65-55-52-50-48-46-44-42-40-38-36-34-29-27-25-23-21-19-17-15-13-11-9-7-2/h8,10,14,16,19-22,25-28,34,36,59H,6-7,9,11-13,15,17-18,23-24,29-33,35,37-58H2,1-5H3/p+1/b10-8-,16-14-,21-19-,22-20-,27-25-,28-26-,36-34-. The van der Waals surface area contributed by atoms with Crippen molar-refractivity contribution in [3.05, 3.63) is 85.1 Å². The number of esters is 1. The second-order valence-electron chi connectivity index (χ2n) is 19.9. The van der Waals surface area contributed by atoms with Crippen LogP contribution >= 0.6 is 7.82 Å². The lowest BCUT2D eigenvalue weighted by Crippen LogP contribution is -2.37. The van der Waals surface area contributed by atoms with Crippen molar-refractivity contribution in [2.45, 2.75) is 238 Å². The Morgan fingerprint density at radius 3 is 1.26 bits per heavy atom. The highest BCUT2D eigenvalue weighted by molar-refractivity contribution is 7.47. The summed E-state index contributed by atoms with van der Waals surface area (Å²) >= 11 is 0. The molecule has 0 spiro atoms. The number of carbonyl (C=O) groups excluding carboxylic acids is 1. The van der Waals surface area contributed by atoms with Crippen LogP contribution in [0.1, 0.15) is 232 Å². The molecule has 2 atom stereocenters. The number of carbonyl (C=O) groups is 1. The first-order chi connectivity index (χ1) is 33.6. The summed E-state index contributed by atoms with van der Waals surface area (Å²) in [4.78, 5) is 23.1. The number of phosphoric acid groups is 1. The van der Waals surface area contributed by atoms with Crippen molar-refractivity contribution in [1.82, 2.24) is 0 Å². The molecule has 9 heteroatoms. The van der Waals surface area contributed by atoms with E-state index in [9.17, 15) is 14.3 Å². The van der Waals surface area contributed by atoms with Crippen LogP contribution in [0.15, 0.2) is 85.1 Å². The summed E-state index contributed by atoms with van der Waals surface area (Å²) in [7, 11) is 1.65. The van der Waals surface area contributed by atoms with Gasteiger partial charge in [0.15, 0.2) is 0 Å². The van der Waals surface area contributed by atoms with Gasteiger partial charge in [0.1, 0.15) is 19.3 Å². The molecule has 0 saturated carbocycles. The predicted octanol–water partition coefficient (Wildman–Crippen LogP) is 18.0. The van der Waals surface area contributed by atoms with E-state index in [1.807, 2.05) is 21.1 Å². The molecule has 0 saturated heterocycles. The van der Waals surface area contributed by atoms with Crippen LogP contribution in [-0.2, 0) is 27.9 Å². The van der Waals surface area contributed by atoms with Gasteiger partial charge in [0.2, 0.25) is 0 Å². The molecular formula is C60H109NO7P+. The summed E-state index contributed by atoms with van der Waals surface area (Å²) in [6.07, 6.45) is 70.7. The summed E-state index contributed by atoms with van der Waals surface area (Å²) in [5.41, 5.74) is 0. The number of hydrogen-bond acceptors (Lipinski definition) is 6. The van der Waals surface area contributed by atoms with Gasteiger partial charge < -0.3 is 18.9 Å². The third-order valence-electron chi connectivity index (χ3n) is 11.9. The van der Waals surface area contributed by atoms with E-state index in [2.05, 4.69) is 98.9 Å². The molecule has 69 heavy (non-hydrogen) atoms. The van der Waals surface area contributed by atoms with Crippen molar-refractivity contribution in [2.75, 3.05) is 54.1 Å². The molecule has 0 fully saturated rings. The van der Waals surface area contributed by atoms with Crippen LogP contribution in [-0.4, -0.2) is 75.6 Å². The largest absolute Gasteiger partial charge is 0.472 e. The Balaban J connectivity index is 4.12. The van der Waals surface area contributed by atoms with E-state index in [0.29, 0.717) is 24.1 Å². The fraction of sp³-hybridized carbons (Fsp3) is 0.750. The highest BCUT2D eigenvalue weighted by atomic mass is 31.2. The Hall–Kier alpha value is -2.32. The minimum absolute atomic E-state index is 0.0825. The number of allylic oxidation sites excluding steroid dienone is 14. The van der Waals surface area contributed by atoms with Gasteiger partial charge in [-0.25, -0.2) is 4.57 Å². The van der Waals surface area contributed by atoms with Crippen LogP contribution in [0.4, 0.5) is 0 Å². The molecule has 0 heterocycles. The van der Waals surface area contributed by atoms with Crippen LogP contribution in [0, 0.1) is 0 Å². The van der Waals surface area contributed by atoms with Crippen molar-refractivity contribution < 1.29 is 37.3 Å². The average molecular weight is 988 g/mol. The van der Waals surface area contributed by atoms with Gasteiger partial charge in [0.05, 0.1) is 34.4 Å². The van der Waals surface area contributed by atoms with Gasteiger partial charge in [-0.3, -0.25) is 13.8 Å². The molecular weight excluding hydrogens is 878 g/mol. The normalized spacial score (nSPS) is 14.1. The SMILES string of the molecule is CC/C=C\C/C=C\C/C=C\C/C=C\CCCCCCCCCCCCCCC(=O)OC(COCCCCCCCCC/C=C\C/C=C\C/C=C\CCCCCCC)COP(=O)(O)OCC[N+](C)(C)C. The summed E-state index contributed by atoms with van der Waals surface area (Å²) in [5, 5.41) is 0. The van der Waals surface area contributed by atoms with Crippen molar-refractivity contribution in [3.63, 3.8) is 0 Å². The number of nitrogens with zero attached hydrogens (tertiary/aromatic N) is 1. The zero-order valence-corrected chi connectivity index (χ0v) is 46.4. The summed E-state index contributed by atoms with van der Waals surface area (Å²) < 4.78 is 35.2. The van der Waals surface area contributed by atoms with E-state index in [1.54, 1.807) is 0 Å². The van der Waals surface area contributed by atoms with Gasteiger partial charge in [-0.1, -0.05) is 221 Å². The molecule has 0 aromatic heterocycles. The zero-order valence-electron chi connectivity index (χ0n) is 45.5. The average Bonchev–Trinajstić information content (AvgIpc) is 3.31. The Bertz CT molecular complexity index is 1380. The summed E-state index contributed by atoms with van der Waals surface area (Å²) in [6.45, 7) is 5.48. The fourth-order valence-electron chi connectivity index (χ4n) is 7.61. The highest BCUT2D eigenvalue weighted by Gasteiger charge is 2.26. The molecule has 0 aromatic rings. The van der Waals surface area contributed by atoms with Gasteiger partial charge in [-0.2, -0.15) is 0 Å². The number of phosphoric ester groups is 1. The Labute approximate surface area is 426 Å². The van der Waals surface area contributed by atoms with E-state index < -0.39 is 13.9 Å². The number of unbranched alkanes of at least 4 members (excludes halogenated alkanes) is 24. The highest BCUT2D eigenvalue weighted by Crippen LogP contribution is 2.43. The molecule has 1 N–H and O–H groups in total. The first kappa shape index (κ1) is 66.7. The first-order valence-corrected chi connectivity index (χ1v) is 29.8. The Morgan fingerprint density at radius 1 is 0.464 bits per heavy atom. The number of hydrogen-bond donors (Lipinski definition) is 1.